The van der Waals surface area contributed by atoms with Crippen molar-refractivity contribution < 1.29 is 13.2 Å². The zero-order valence-corrected chi connectivity index (χ0v) is 11.2. The fraction of sp³-hybridized carbons (Fsp3) is 0.231. The highest BCUT2D eigenvalue weighted by molar-refractivity contribution is 7.80. The molecule has 1 heterocycles. The average Bonchev–Trinajstić information content (AvgIpc) is 2.86. The summed E-state index contributed by atoms with van der Waals surface area (Å²) in [5.41, 5.74) is 5.40. The molecule has 0 aliphatic heterocycles. The SMILES string of the molecule is NC(=S)CC(c1ccccc1)n1ccc(C(F)(F)F)n1. The quantitative estimate of drug-likeness (QED) is 0.882. The molecule has 2 rings (SSSR count). The summed E-state index contributed by atoms with van der Waals surface area (Å²) >= 11 is 4.87. The lowest BCUT2D eigenvalue weighted by Crippen LogP contribution is -2.20. The van der Waals surface area contributed by atoms with E-state index in [4.69, 9.17) is 18.0 Å². The minimum atomic E-state index is -4.46. The zero-order chi connectivity index (χ0) is 14.8. The second kappa shape index (κ2) is 5.62. The second-order valence-corrected chi connectivity index (χ2v) is 4.80. The third-order valence-electron chi connectivity index (χ3n) is 2.80. The van der Waals surface area contributed by atoms with Crippen LogP contribution in [0, 0.1) is 0 Å². The summed E-state index contributed by atoms with van der Waals surface area (Å²) in [6, 6.07) is 9.54. The van der Waals surface area contributed by atoms with E-state index in [1.54, 1.807) is 24.3 Å². The van der Waals surface area contributed by atoms with Crippen LogP contribution in [0.4, 0.5) is 13.2 Å². The number of nitrogens with two attached hydrogens (primary N) is 1. The molecule has 2 N–H and O–H groups in total. The topological polar surface area (TPSA) is 43.8 Å². The molecule has 0 bridgehead atoms. The smallest absolute Gasteiger partial charge is 0.393 e. The van der Waals surface area contributed by atoms with E-state index in [1.807, 2.05) is 6.07 Å². The number of rotatable bonds is 4. The van der Waals surface area contributed by atoms with Gasteiger partial charge in [0.2, 0.25) is 0 Å². The Morgan fingerprint density at radius 3 is 2.40 bits per heavy atom. The first-order valence-corrected chi connectivity index (χ1v) is 6.24. The third kappa shape index (κ3) is 3.36. The van der Waals surface area contributed by atoms with Crippen LogP contribution < -0.4 is 5.73 Å². The molecule has 0 spiro atoms. The van der Waals surface area contributed by atoms with Gasteiger partial charge in [-0.05, 0) is 11.6 Å². The first-order chi connectivity index (χ1) is 9.38. The molecule has 1 unspecified atom stereocenters. The molecular weight excluding hydrogens is 287 g/mol. The Morgan fingerprint density at radius 2 is 1.90 bits per heavy atom. The normalized spacial score (nSPS) is 13.2. The van der Waals surface area contributed by atoms with E-state index in [9.17, 15) is 13.2 Å². The molecular formula is C13H12F3N3S. The molecule has 3 nitrogen and oxygen atoms in total. The molecule has 1 aromatic heterocycles. The first kappa shape index (κ1) is 14.5. The number of benzene rings is 1. The average molecular weight is 299 g/mol. The summed E-state index contributed by atoms with van der Waals surface area (Å²) < 4.78 is 39.1. The van der Waals surface area contributed by atoms with Gasteiger partial charge in [0.05, 0.1) is 11.0 Å². The van der Waals surface area contributed by atoms with E-state index in [0.717, 1.165) is 11.6 Å². The number of nitrogens with zero attached hydrogens (tertiary/aromatic N) is 2. The second-order valence-electron chi connectivity index (χ2n) is 4.28. The number of hydrogen-bond donors (Lipinski definition) is 1. The van der Waals surface area contributed by atoms with E-state index in [2.05, 4.69) is 5.10 Å². The molecule has 0 aliphatic carbocycles. The van der Waals surface area contributed by atoms with Crippen LogP contribution in [-0.4, -0.2) is 14.8 Å². The number of hydrogen-bond acceptors (Lipinski definition) is 2. The van der Waals surface area contributed by atoms with Crippen LogP contribution in [-0.2, 0) is 6.18 Å². The fourth-order valence-electron chi connectivity index (χ4n) is 1.89. The van der Waals surface area contributed by atoms with Gasteiger partial charge in [-0.2, -0.15) is 18.3 Å². The van der Waals surface area contributed by atoms with Crippen LogP contribution in [0.2, 0.25) is 0 Å². The highest BCUT2D eigenvalue weighted by atomic mass is 32.1. The molecule has 1 atom stereocenters. The van der Waals surface area contributed by atoms with Crippen molar-refractivity contribution in [3.05, 3.63) is 53.9 Å². The highest BCUT2D eigenvalue weighted by Crippen LogP contribution is 2.29. The summed E-state index contributed by atoms with van der Waals surface area (Å²) in [4.78, 5) is 0.225. The van der Waals surface area contributed by atoms with Gasteiger partial charge in [0.15, 0.2) is 5.69 Å². The van der Waals surface area contributed by atoms with Crippen molar-refractivity contribution in [1.82, 2.24) is 9.78 Å². The Morgan fingerprint density at radius 1 is 1.25 bits per heavy atom. The Kier molecular flexibility index (Phi) is 4.08. The Hall–Kier alpha value is -1.89. The van der Waals surface area contributed by atoms with Crippen LogP contribution >= 0.6 is 12.2 Å². The van der Waals surface area contributed by atoms with Crippen molar-refractivity contribution in [2.24, 2.45) is 5.73 Å². The van der Waals surface area contributed by atoms with Crippen molar-refractivity contribution in [1.29, 1.82) is 0 Å². The molecule has 2 aromatic rings. The highest BCUT2D eigenvalue weighted by Gasteiger charge is 2.34. The maximum atomic E-state index is 12.6. The summed E-state index contributed by atoms with van der Waals surface area (Å²) in [5.74, 6) is 0. The molecule has 0 amide bonds. The zero-order valence-electron chi connectivity index (χ0n) is 10.3. The van der Waals surface area contributed by atoms with E-state index >= 15 is 0 Å². The summed E-state index contributed by atoms with van der Waals surface area (Å²) in [6.45, 7) is 0. The molecule has 20 heavy (non-hydrogen) atoms. The standard InChI is InChI=1S/C13H12F3N3S/c14-13(15,16)11-6-7-19(18-11)10(8-12(17)20)9-4-2-1-3-5-9/h1-7,10H,8H2,(H2,17,20). The molecule has 7 heteroatoms. The molecule has 0 radical (unpaired) electrons. The minimum absolute atomic E-state index is 0.225. The lowest BCUT2D eigenvalue weighted by Gasteiger charge is -2.17. The van der Waals surface area contributed by atoms with E-state index < -0.39 is 17.9 Å². The molecule has 0 fully saturated rings. The summed E-state index contributed by atoms with van der Waals surface area (Å²) in [5, 5.41) is 3.59. The maximum Gasteiger partial charge on any atom is 0.435 e. The predicted molar refractivity (Wildman–Crippen MR) is 73.2 cm³/mol. The lowest BCUT2D eigenvalue weighted by atomic mass is 10.0. The van der Waals surface area contributed by atoms with Gasteiger partial charge in [-0.25, -0.2) is 0 Å². The van der Waals surface area contributed by atoms with Crippen molar-refractivity contribution in [2.45, 2.75) is 18.6 Å². The molecule has 0 saturated carbocycles. The van der Waals surface area contributed by atoms with Crippen LogP contribution in [0.5, 0.6) is 0 Å². The van der Waals surface area contributed by atoms with Gasteiger partial charge in [-0.1, -0.05) is 42.5 Å². The van der Waals surface area contributed by atoms with Gasteiger partial charge < -0.3 is 5.73 Å². The Labute approximate surface area is 119 Å². The minimum Gasteiger partial charge on any atom is -0.393 e. The Balaban J connectivity index is 2.37. The predicted octanol–water partition coefficient (Wildman–Crippen LogP) is 3.17. The molecule has 0 saturated heterocycles. The van der Waals surface area contributed by atoms with E-state index in [0.29, 0.717) is 0 Å². The van der Waals surface area contributed by atoms with Gasteiger partial charge >= 0.3 is 6.18 Å². The van der Waals surface area contributed by atoms with Gasteiger partial charge in [-0.15, -0.1) is 0 Å². The van der Waals surface area contributed by atoms with E-state index in [1.165, 1.54) is 10.9 Å². The van der Waals surface area contributed by atoms with Crippen molar-refractivity contribution in [3.63, 3.8) is 0 Å². The number of aromatic nitrogens is 2. The number of alkyl halides is 3. The van der Waals surface area contributed by atoms with Crippen LogP contribution in [0.25, 0.3) is 0 Å². The maximum absolute atomic E-state index is 12.6. The van der Waals surface area contributed by atoms with Crippen LogP contribution in [0.15, 0.2) is 42.6 Å². The monoisotopic (exact) mass is 299 g/mol. The molecule has 106 valence electrons. The summed E-state index contributed by atoms with van der Waals surface area (Å²) in [6.07, 6.45) is -2.92. The third-order valence-corrected chi connectivity index (χ3v) is 2.96. The van der Waals surface area contributed by atoms with Crippen molar-refractivity contribution in [3.8, 4) is 0 Å². The van der Waals surface area contributed by atoms with Gasteiger partial charge in [0, 0.05) is 12.6 Å². The van der Waals surface area contributed by atoms with Crippen molar-refractivity contribution >= 4 is 17.2 Å². The number of thiocarbonyl (C=S) groups is 1. The van der Waals surface area contributed by atoms with E-state index in [-0.39, 0.29) is 11.4 Å². The van der Waals surface area contributed by atoms with Gasteiger partial charge in [0.25, 0.3) is 0 Å². The van der Waals surface area contributed by atoms with Crippen LogP contribution in [0.1, 0.15) is 23.7 Å². The van der Waals surface area contributed by atoms with Gasteiger partial charge in [-0.3, -0.25) is 4.68 Å². The van der Waals surface area contributed by atoms with Crippen molar-refractivity contribution in [2.75, 3.05) is 0 Å². The fourth-order valence-corrected chi connectivity index (χ4v) is 2.05. The molecule has 1 aromatic carbocycles. The van der Waals surface area contributed by atoms with Crippen LogP contribution in [0.3, 0.4) is 0 Å². The van der Waals surface area contributed by atoms with Gasteiger partial charge in [0.1, 0.15) is 0 Å². The Bertz CT molecular complexity index is 592. The largest absolute Gasteiger partial charge is 0.435 e. The molecule has 0 aliphatic rings. The first-order valence-electron chi connectivity index (χ1n) is 5.83. The number of halogens is 3. The lowest BCUT2D eigenvalue weighted by molar-refractivity contribution is -0.141. The summed E-state index contributed by atoms with van der Waals surface area (Å²) in [7, 11) is 0.